The number of benzene rings is 1. The minimum absolute atomic E-state index is 0.218. The Labute approximate surface area is 234 Å². The van der Waals surface area contributed by atoms with Gasteiger partial charge in [0, 0.05) is 18.1 Å². The van der Waals surface area contributed by atoms with Crippen molar-refractivity contribution in [3.63, 3.8) is 0 Å². The van der Waals surface area contributed by atoms with Crippen LogP contribution in [0.1, 0.15) is 52.0 Å². The Balaban J connectivity index is 1.36. The molecule has 4 rings (SSSR count). The number of carbonyl (C=O) groups is 3. The van der Waals surface area contributed by atoms with Gasteiger partial charge in [0.1, 0.15) is 23.4 Å². The van der Waals surface area contributed by atoms with E-state index in [4.69, 9.17) is 9.47 Å². The van der Waals surface area contributed by atoms with Gasteiger partial charge in [0.05, 0.1) is 13.0 Å². The number of hydrogen-bond acceptors (Lipinski definition) is 7. The molecule has 10 heteroatoms. The Bertz CT molecular complexity index is 984. The first kappa shape index (κ1) is 28.9. The fourth-order valence-electron chi connectivity index (χ4n) is 5.58. The topological polar surface area (TPSA) is 97.0 Å². The van der Waals surface area contributed by atoms with Crippen molar-refractivity contribution in [2.24, 2.45) is 17.8 Å². The lowest BCUT2D eigenvalue weighted by Crippen LogP contribution is -2.55. The number of carbonyl (C=O) groups excluding carboxylic acids is 3. The van der Waals surface area contributed by atoms with Crippen molar-refractivity contribution >= 4 is 41.4 Å². The Hall–Kier alpha value is -2.07. The molecule has 3 aliphatic rings. The van der Waals surface area contributed by atoms with Gasteiger partial charge in [-0.25, -0.2) is 4.79 Å². The van der Waals surface area contributed by atoms with Gasteiger partial charge in [-0.3, -0.25) is 14.5 Å². The minimum Gasteiger partial charge on any atom is -0.497 e. The van der Waals surface area contributed by atoms with E-state index in [-0.39, 0.29) is 11.8 Å². The maximum absolute atomic E-state index is 13.3. The van der Waals surface area contributed by atoms with E-state index < -0.39 is 23.8 Å². The molecular formula is C28H41N3O5S2. The highest BCUT2D eigenvalue weighted by Gasteiger charge is 2.40. The number of hydrogen-bond donors (Lipinski definition) is 2. The van der Waals surface area contributed by atoms with Gasteiger partial charge >= 0.3 is 6.09 Å². The molecule has 1 unspecified atom stereocenters. The Morgan fingerprint density at radius 2 is 1.92 bits per heavy atom. The molecule has 1 heterocycles. The molecule has 210 valence electrons. The Morgan fingerprint density at radius 1 is 1.16 bits per heavy atom. The standard InChI is InChI=1S/C28H41N3O5S2/c1-28(2,3)36-27(34)31-17-38-16-24(31)26(33)30-23(15-37-14-21-12-19-5-8-20(21)11-19)25(32)29-13-18-6-9-22(35-4)10-7-18/h6-7,9-10,19-21,23-24H,5,8,11-17H2,1-4H3,(H,29,32)(H,30,33)/t19-,20?,21+,23+,24+/m1/s1. The van der Waals surface area contributed by atoms with Crippen LogP contribution in [0.3, 0.4) is 0 Å². The largest absolute Gasteiger partial charge is 0.497 e. The number of amides is 3. The molecular weight excluding hydrogens is 522 g/mol. The van der Waals surface area contributed by atoms with Crippen molar-refractivity contribution in [1.29, 1.82) is 0 Å². The fourth-order valence-corrected chi connectivity index (χ4v) is 8.04. The van der Waals surface area contributed by atoms with Gasteiger partial charge in [-0.2, -0.15) is 11.8 Å². The number of nitrogens with zero attached hydrogens (tertiary/aromatic N) is 1. The average Bonchev–Trinajstić information content (AvgIpc) is 3.63. The summed E-state index contributed by atoms with van der Waals surface area (Å²) >= 11 is 3.26. The van der Waals surface area contributed by atoms with Crippen LogP contribution in [-0.4, -0.2) is 70.7 Å². The van der Waals surface area contributed by atoms with Crippen molar-refractivity contribution in [1.82, 2.24) is 15.5 Å². The van der Waals surface area contributed by atoms with Crippen LogP contribution in [0.4, 0.5) is 4.79 Å². The highest BCUT2D eigenvalue weighted by atomic mass is 32.2. The summed E-state index contributed by atoms with van der Waals surface area (Å²) in [5.41, 5.74) is 0.299. The minimum atomic E-state index is -0.685. The summed E-state index contributed by atoms with van der Waals surface area (Å²) in [4.78, 5) is 40.8. The number of thioether (sulfide) groups is 2. The number of nitrogens with one attached hydrogen (secondary N) is 2. The van der Waals surface area contributed by atoms with Gasteiger partial charge in [0.25, 0.3) is 0 Å². The zero-order chi connectivity index (χ0) is 27.3. The summed E-state index contributed by atoms with van der Waals surface area (Å²) in [6.07, 6.45) is 4.84. The van der Waals surface area contributed by atoms with Gasteiger partial charge in [-0.05, 0) is 81.2 Å². The predicted octanol–water partition coefficient (Wildman–Crippen LogP) is 4.28. The van der Waals surface area contributed by atoms with Crippen LogP contribution in [0.5, 0.6) is 5.75 Å². The molecule has 38 heavy (non-hydrogen) atoms. The number of ether oxygens (including phenoxy) is 2. The summed E-state index contributed by atoms with van der Waals surface area (Å²) in [6, 6.07) is 6.18. The lowest BCUT2D eigenvalue weighted by atomic mass is 9.90. The molecule has 0 spiro atoms. The van der Waals surface area contributed by atoms with Crippen LogP contribution >= 0.6 is 23.5 Å². The van der Waals surface area contributed by atoms with Crippen molar-refractivity contribution in [2.45, 2.75) is 70.7 Å². The zero-order valence-electron chi connectivity index (χ0n) is 22.9. The lowest BCUT2D eigenvalue weighted by molar-refractivity contribution is -0.130. The van der Waals surface area contributed by atoms with Crippen molar-refractivity contribution in [3.8, 4) is 5.75 Å². The molecule has 2 aliphatic carbocycles. The third-order valence-electron chi connectivity index (χ3n) is 7.57. The summed E-state index contributed by atoms with van der Waals surface area (Å²) in [7, 11) is 1.62. The van der Waals surface area contributed by atoms with Gasteiger partial charge in [0.15, 0.2) is 0 Å². The van der Waals surface area contributed by atoms with Crippen LogP contribution in [0, 0.1) is 17.8 Å². The van der Waals surface area contributed by atoms with Crippen LogP contribution in [0.25, 0.3) is 0 Å². The SMILES string of the molecule is COc1ccc(CNC(=O)[C@H](CSC[C@@H]2C[C@@H]3CCC2C3)NC(=O)[C@@H]2CSCN2C(=O)OC(C)(C)C)cc1. The summed E-state index contributed by atoms with van der Waals surface area (Å²) < 4.78 is 10.7. The molecule has 1 aliphatic heterocycles. The van der Waals surface area contributed by atoms with Crippen LogP contribution in [-0.2, 0) is 20.9 Å². The quantitative estimate of drug-likeness (QED) is 0.439. The first-order chi connectivity index (χ1) is 18.1. The third-order valence-corrected chi connectivity index (χ3v) is 9.82. The number of rotatable bonds is 10. The maximum Gasteiger partial charge on any atom is 0.411 e. The third kappa shape index (κ3) is 7.74. The van der Waals surface area contributed by atoms with Crippen LogP contribution in [0.15, 0.2) is 24.3 Å². The normalized spacial score (nSPS) is 25.2. The number of methoxy groups -OCH3 is 1. The second-order valence-electron chi connectivity index (χ2n) is 11.6. The summed E-state index contributed by atoms with van der Waals surface area (Å²) in [5.74, 6) is 5.02. The lowest BCUT2D eigenvalue weighted by Gasteiger charge is -2.28. The highest BCUT2D eigenvalue weighted by molar-refractivity contribution is 7.99. The zero-order valence-corrected chi connectivity index (χ0v) is 24.5. The van der Waals surface area contributed by atoms with Gasteiger partial charge in [-0.15, -0.1) is 11.8 Å². The second kappa shape index (κ2) is 12.9. The van der Waals surface area contributed by atoms with Crippen LogP contribution in [0.2, 0.25) is 0 Å². The molecule has 0 radical (unpaired) electrons. The van der Waals surface area contributed by atoms with Gasteiger partial charge in [0.2, 0.25) is 11.8 Å². The molecule has 1 saturated heterocycles. The van der Waals surface area contributed by atoms with E-state index in [1.807, 2.05) is 24.3 Å². The van der Waals surface area contributed by atoms with E-state index in [0.29, 0.717) is 29.8 Å². The maximum atomic E-state index is 13.3. The van der Waals surface area contributed by atoms with E-state index in [0.717, 1.165) is 28.9 Å². The first-order valence-electron chi connectivity index (χ1n) is 13.5. The molecule has 2 N–H and O–H groups in total. The average molecular weight is 564 g/mol. The smallest absolute Gasteiger partial charge is 0.411 e. The highest BCUT2D eigenvalue weighted by Crippen LogP contribution is 2.49. The van der Waals surface area contributed by atoms with Crippen molar-refractivity contribution < 1.29 is 23.9 Å². The van der Waals surface area contributed by atoms with E-state index >= 15 is 0 Å². The number of fused-ring (bicyclic) bond motifs is 2. The molecule has 2 bridgehead atoms. The monoisotopic (exact) mass is 563 g/mol. The molecule has 1 aromatic rings. The van der Waals surface area contributed by atoms with Crippen LogP contribution < -0.4 is 15.4 Å². The molecule has 2 saturated carbocycles. The molecule has 3 amide bonds. The van der Waals surface area contributed by atoms with E-state index in [1.165, 1.54) is 42.3 Å². The second-order valence-corrected chi connectivity index (χ2v) is 13.6. The van der Waals surface area contributed by atoms with Gasteiger partial charge < -0.3 is 20.1 Å². The Kier molecular flexibility index (Phi) is 9.79. The van der Waals surface area contributed by atoms with Gasteiger partial charge in [-0.1, -0.05) is 18.6 Å². The predicted molar refractivity (Wildman–Crippen MR) is 152 cm³/mol. The van der Waals surface area contributed by atoms with E-state index in [1.54, 1.807) is 39.6 Å². The van der Waals surface area contributed by atoms with Crippen molar-refractivity contribution in [3.05, 3.63) is 29.8 Å². The molecule has 1 aromatic carbocycles. The first-order valence-corrected chi connectivity index (χ1v) is 15.8. The molecule has 5 atom stereocenters. The van der Waals surface area contributed by atoms with E-state index in [9.17, 15) is 14.4 Å². The van der Waals surface area contributed by atoms with E-state index in [2.05, 4.69) is 10.6 Å². The molecule has 0 aromatic heterocycles. The summed E-state index contributed by atoms with van der Waals surface area (Å²) in [5, 5.41) is 5.95. The summed E-state index contributed by atoms with van der Waals surface area (Å²) in [6.45, 7) is 5.77. The fraction of sp³-hybridized carbons (Fsp3) is 0.679. The Morgan fingerprint density at radius 3 is 2.55 bits per heavy atom. The van der Waals surface area contributed by atoms with Crippen molar-refractivity contribution in [2.75, 3.05) is 30.2 Å². The molecule has 8 nitrogen and oxygen atoms in total. The molecule has 3 fully saturated rings.